The number of rotatable bonds is 2. The van der Waals surface area contributed by atoms with Gasteiger partial charge in [-0.2, -0.15) is 5.26 Å². The Morgan fingerprint density at radius 2 is 2.20 bits per heavy atom. The predicted octanol–water partition coefficient (Wildman–Crippen LogP) is 2.03. The SMILES string of the molecule is N#C[C@@]12C[C@H]1CN(Cc1ccccc1)C2. The molecule has 1 aromatic carbocycles. The highest BCUT2D eigenvalue weighted by Crippen LogP contribution is 2.57. The topological polar surface area (TPSA) is 27.0 Å². The second-order valence-corrected chi connectivity index (χ2v) is 4.82. The number of hydrogen-bond acceptors (Lipinski definition) is 2. The average molecular weight is 198 g/mol. The monoisotopic (exact) mass is 198 g/mol. The molecule has 0 unspecified atom stereocenters. The molecular weight excluding hydrogens is 184 g/mol. The Hall–Kier alpha value is -1.33. The second-order valence-electron chi connectivity index (χ2n) is 4.82. The minimum absolute atomic E-state index is 0.0365. The van der Waals surface area contributed by atoms with Crippen LogP contribution >= 0.6 is 0 Å². The molecule has 2 heteroatoms. The maximum Gasteiger partial charge on any atom is 0.0745 e. The molecular formula is C13H14N2. The van der Waals surface area contributed by atoms with Gasteiger partial charge in [0.1, 0.15) is 0 Å². The number of hydrogen-bond donors (Lipinski definition) is 0. The van der Waals surface area contributed by atoms with E-state index < -0.39 is 0 Å². The zero-order chi connectivity index (χ0) is 10.3. The molecule has 1 aliphatic heterocycles. The fourth-order valence-electron chi connectivity index (χ4n) is 2.72. The molecule has 1 heterocycles. The largest absolute Gasteiger partial charge is 0.297 e. The summed E-state index contributed by atoms with van der Waals surface area (Å²) >= 11 is 0. The van der Waals surface area contributed by atoms with Crippen LogP contribution in [0.25, 0.3) is 0 Å². The molecule has 0 bridgehead atoms. The summed E-state index contributed by atoms with van der Waals surface area (Å²) in [5, 5.41) is 9.07. The summed E-state index contributed by atoms with van der Waals surface area (Å²) in [6.45, 7) is 3.09. The molecule has 1 aliphatic carbocycles. The summed E-state index contributed by atoms with van der Waals surface area (Å²) in [5.41, 5.74) is 1.39. The molecule has 2 aliphatic rings. The summed E-state index contributed by atoms with van der Waals surface area (Å²) in [6.07, 6.45) is 1.13. The van der Waals surface area contributed by atoms with E-state index in [-0.39, 0.29) is 5.41 Å². The smallest absolute Gasteiger partial charge is 0.0745 e. The first-order valence-electron chi connectivity index (χ1n) is 5.50. The van der Waals surface area contributed by atoms with Gasteiger partial charge in [-0.1, -0.05) is 30.3 Å². The van der Waals surface area contributed by atoms with Crippen LogP contribution in [0, 0.1) is 22.7 Å². The van der Waals surface area contributed by atoms with Gasteiger partial charge in [0.05, 0.1) is 11.5 Å². The van der Waals surface area contributed by atoms with Crippen molar-refractivity contribution in [1.82, 2.24) is 4.90 Å². The molecule has 0 amide bonds. The van der Waals surface area contributed by atoms with Gasteiger partial charge in [0.25, 0.3) is 0 Å². The highest BCUT2D eigenvalue weighted by atomic mass is 15.2. The van der Waals surface area contributed by atoms with Gasteiger partial charge in [-0.15, -0.1) is 0 Å². The Kier molecular flexibility index (Phi) is 1.83. The van der Waals surface area contributed by atoms with Gasteiger partial charge in [0, 0.05) is 19.6 Å². The minimum Gasteiger partial charge on any atom is -0.297 e. The number of piperidine rings is 1. The third-order valence-corrected chi connectivity index (χ3v) is 3.69. The first-order chi connectivity index (χ1) is 7.32. The van der Waals surface area contributed by atoms with Gasteiger partial charge < -0.3 is 0 Å². The predicted molar refractivity (Wildman–Crippen MR) is 57.9 cm³/mol. The van der Waals surface area contributed by atoms with Crippen LogP contribution in [0.5, 0.6) is 0 Å². The summed E-state index contributed by atoms with van der Waals surface area (Å²) < 4.78 is 0. The first kappa shape index (κ1) is 8.94. The van der Waals surface area contributed by atoms with Crippen LogP contribution in [-0.2, 0) is 6.54 Å². The van der Waals surface area contributed by atoms with E-state index in [4.69, 9.17) is 5.26 Å². The molecule has 1 aromatic rings. The molecule has 1 saturated heterocycles. The van der Waals surface area contributed by atoms with Crippen molar-refractivity contribution >= 4 is 0 Å². The van der Waals surface area contributed by atoms with Gasteiger partial charge in [0.15, 0.2) is 0 Å². The maximum atomic E-state index is 9.07. The molecule has 0 aromatic heterocycles. The summed E-state index contributed by atoms with van der Waals surface area (Å²) in [6, 6.07) is 13.0. The third-order valence-electron chi connectivity index (χ3n) is 3.69. The minimum atomic E-state index is 0.0365. The maximum absolute atomic E-state index is 9.07. The van der Waals surface area contributed by atoms with Crippen molar-refractivity contribution in [3.05, 3.63) is 35.9 Å². The van der Waals surface area contributed by atoms with E-state index in [0.717, 1.165) is 26.1 Å². The molecule has 1 saturated carbocycles. The molecule has 15 heavy (non-hydrogen) atoms. The molecule has 0 radical (unpaired) electrons. The zero-order valence-corrected chi connectivity index (χ0v) is 8.69. The molecule has 2 fully saturated rings. The van der Waals surface area contributed by atoms with E-state index >= 15 is 0 Å². The van der Waals surface area contributed by atoms with Crippen LogP contribution < -0.4 is 0 Å². The van der Waals surface area contributed by atoms with Gasteiger partial charge in [-0.3, -0.25) is 4.90 Å². The Labute approximate surface area is 90.1 Å². The lowest BCUT2D eigenvalue weighted by Gasteiger charge is -2.18. The van der Waals surface area contributed by atoms with Crippen molar-refractivity contribution in [2.75, 3.05) is 13.1 Å². The van der Waals surface area contributed by atoms with Crippen LogP contribution in [0.3, 0.4) is 0 Å². The van der Waals surface area contributed by atoms with E-state index in [0.29, 0.717) is 5.92 Å². The molecule has 76 valence electrons. The van der Waals surface area contributed by atoms with E-state index in [1.807, 2.05) is 6.07 Å². The van der Waals surface area contributed by atoms with E-state index in [2.05, 4.69) is 35.2 Å². The van der Waals surface area contributed by atoms with E-state index in [1.54, 1.807) is 0 Å². The third kappa shape index (κ3) is 1.44. The van der Waals surface area contributed by atoms with Crippen molar-refractivity contribution in [1.29, 1.82) is 5.26 Å². The van der Waals surface area contributed by atoms with Crippen LogP contribution in [0.15, 0.2) is 30.3 Å². The van der Waals surface area contributed by atoms with E-state index in [9.17, 15) is 0 Å². The van der Waals surface area contributed by atoms with Crippen molar-refractivity contribution in [2.24, 2.45) is 11.3 Å². The Morgan fingerprint density at radius 3 is 2.87 bits per heavy atom. The standard InChI is InChI=1S/C13H14N2/c14-9-13-6-12(13)8-15(10-13)7-11-4-2-1-3-5-11/h1-5,12H,6-8,10H2/t12-,13+/m0/s1. The molecule has 0 spiro atoms. The van der Waals surface area contributed by atoms with Gasteiger partial charge in [-0.05, 0) is 17.9 Å². The van der Waals surface area contributed by atoms with Gasteiger partial charge >= 0.3 is 0 Å². The molecule has 3 rings (SSSR count). The molecule has 2 atom stereocenters. The zero-order valence-electron chi connectivity index (χ0n) is 8.69. The van der Waals surface area contributed by atoms with Gasteiger partial charge in [0.2, 0.25) is 0 Å². The lowest BCUT2D eigenvalue weighted by molar-refractivity contribution is 0.287. The van der Waals surface area contributed by atoms with Crippen molar-refractivity contribution in [2.45, 2.75) is 13.0 Å². The number of likely N-dealkylation sites (tertiary alicyclic amines) is 1. The fraction of sp³-hybridized carbons (Fsp3) is 0.462. The lowest BCUT2D eigenvalue weighted by atomic mass is 10.1. The molecule has 0 N–H and O–H groups in total. The van der Waals surface area contributed by atoms with E-state index in [1.165, 1.54) is 5.56 Å². The van der Waals surface area contributed by atoms with Crippen LogP contribution in [-0.4, -0.2) is 18.0 Å². The summed E-state index contributed by atoms with van der Waals surface area (Å²) in [4.78, 5) is 2.41. The summed E-state index contributed by atoms with van der Waals surface area (Å²) in [7, 11) is 0. The number of benzene rings is 1. The summed E-state index contributed by atoms with van der Waals surface area (Å²) in [5.74, 6) is 0.659. The first-order valence-corrected chi connectivity index (χ1v) is 5.50. The van der Waals surface area contributed by atoms with Gasteiger partial charge in [-0.25, -0.2) is 0 Å². The number of nitriles is 1. The quantitative estimate of drug-likeness (QED) is 0.727. The Morgan fingerprint density at radius 1 is 1.40 bits per heavy atom. The highest BCUT2D eigenvalue weighted by Gasteiger charge is 2.60. The number of fused-ring (bicyclic) bond motifs is 1. The Balaban J connectivity index is 1.66. The van der Waals surface area contributed by atoms with Crippen molar-refractivity contribution in [3.63, 3.8) is 0 Å². The fourth-order valence-corrected chi connectivity index (χ4v) is 2.72. The highest BCUT2D eigenvalue weighted by molar-refractivity contribution is 5.23. The van der Waals surface area contributed by atoms with Crippen LogP contribution in [0.2, 0.25) is 0 Å². The van der Waals surface area contributed by atoms with Crippen molar-refractivity contribution in [3.8, 4) is 6.07 Å². The average Bonchev–Trinajstić information content (AvgIpc) is 2.84. The van der Waals surface area contributed by atoms with Crippen LogP contribution in [0.4, 0.5) is 0 Å². The normalized spacial score (nSPS) is 33.4. The van der Waals surface area contributed by atoms with Crippen molar-refractivity contribution < 1.29 is 0 Å². The lowest BCUT2D eigenvalue weighted by Crippen LogP contribution is -2.24. The number of nitrogens with zero attached hydrogens (tertiary/aromatic N) is 2. The molecule has 2 nitrogen and oxygen atoms in total. The van der Waals surface area contributed by atoms with Crippen LogP contribution in [0.1, 0.15) is 12.0 Å². The Bertz CT molecular complexity index is 406. The second kappa shape index (κ2) is 3.08.